The minimum Gasteiger partial charge on any atom is -0.493 e. The maximum atomic E-state index is 13.0. The number of aromatic nitrogens is 1. The average molecular weight is 536 g/mol. The second kappa shape index (κ2) is 11.4. The van der Waals surface area contributed by atoms with Gasteiger partial charge in [0.2, 0.25) is 0 Å². The van der Waals surface area contributed by atoms with Gasteiger partial charge in [-0.05, 0) is 70.0 Å². The summed E-state index contributed by atoms with van der Waals surface area (Å²) >= 11 is 9.27. The van der Waals surface area contributed by atoms with Crippen molar-refractivity contribution in [1.82, 2.24) is 10.4 Å². The summed E-state index contributed by atoms with van der Waals surface area (Å²) in [6, 6.07) is 11.8. The lowest BCUT2D eigenvalue weighted by Gasteiger charge is -2.13. The Kier molecular flexibility index (Phi) is 8.34. The van der Waals surface area contributed by atoms with Gasteiger partial charge in [0.1, 0.15) is 11.0 Å². The van der Waals surface area contributed by atoms with Crippen molar-refractivity contribution in [2.75, 3.05) is 19.0 Å². The Labute approximate surface area is 201 Å². The number of anilines is 1. The second-order valence-corrected chi connectivity index (χ2v) is 7.63. The van der Waals surface area contributed by atoms with Gasteiger partial charge in [-0.15, -0.1) is 0 Å². The number of carbonyl (C=O) groups excluding carboxylic acids is 2. The Morgan fingerprint density at radius 2 is 2.00 bits per heavy atom. The molecule has 2 amide bonds. The van der Waals surface area contributed by atoms with Crippen molar-refractivity contribution < 1.29 is 23.5 Å². The largest absolute Gasteiger partial charge is 0.493 e. The van der Waals surface area contributed by atoms with Gasteiger partial charge in [0.25, 0.3) is 11.8 Å². The summed E-state index contributed by atoms with van der Waals surface area (Å²) < 4.78 is 24.4. The van der Waals surface area contributed by atoms with E-state index in [-0.39, 0.29) is 17.3 Å². The zero-order valence-corrected chi connectivity index (χ0v) is 19.5. The number of nitrogens with zero attached hydrogens (tertiary/aromatic N) is 2. The lowest BCUT2D eigenvalue weighted by atomic mass is 10.2. The number of amides is 2. The predicted molar refractivity (Wildman–Crippen MR) is 126 cm³/mol. The number of hydrogen-bond acceptors (Lipinski definition) is 6. The molecule has 1 heterocycles. The van der Waals surface area contributed by atoms with Gasteiger partial charge in [0.05, 0.1) is 23.4 Å². The molecule has 0 saturated heterocycles. The monoisotopic (exact) mass is 534 g/mol. The number of rotatable bonds is 8. The first-order valence-corrected chi connectivity index (χ1v) is 10.5. The Bertz CT molecular complexity index is 1190. The third-order valence-electron chi connectivity index (χ3n) is 4.11. The maximum absolute atomic E-state index is 13.0. The molecule has 0 atom stereocenters. The lowest BCUT2D eigenvalue weighted by Crippen LogP contribution is -2.20. The normalized spacial score (nSPS) is 10.7. The van der Waals surface area contributed by atoms with Gasteiger partial charge in [0.15, 0.2) is 18.1 Å². The van der Waals surface area contributed by atoms with E-state index in [0.717, 1.165) is 0 Å². The van der Waals surface area contributed by atoms with E-state index in [4.69, 9.17) is 21.1 Å². The minimum absolute atomic E-state index is 0.0691. The summed E-state index contributed by atoms with van der Waals surface area (Å²) in [6.45, 7) is -0.304. The summed E-state index contributed by atoms with van der Waals surface area (Å²) in [4.78, 5) is 28.1. The zero-order valence-electron chi connectivity index (χ0n) is 17.1. The molecule has 3 rings (SSSR count). The number of benzene rings is 2. The highest BCUT2D eigenvalue weighted by Gasteiger charge is 2.14. The molecular formula is C22H17BrClFN4O4. The highest BCUT2D eigenvalue weighted by Crippen LogP contribution is 2.36. The fourth-order valence-electron chi connectivity index (χ4n) is 2.60. The second-order valence-electron chi connectivity index (χ2n) is 6.42. The molecule has 170 valence electrons. The lowest BCUT2D eigenvalue weighted by molar-refractivity contribution is -0.118. The first-order chi connectivity index (χ1) is 15.9. The molecule has 0 saturated carbocycles. The molecule has 0 radical (unpaired) electrons. The molecule has 0 spiro atoms. The highest BCUT2D eigenvalue weighted by molar-refractivity contribution is 9.10. The number of pyridine rings is 1. The molecule has 3 aromatic rings. The van der Waals surface area contributed by atoms with Crippen LogP contribution < -0.4 is 20.2 Å². The molecule has 0 unspecified atom stereocenters. The van der Waals surface area contributed by atoms with Gasteiger partial charge in [-0.25, -0.2) is 14.8 Å². The Balaban J connectivity index is 1.63. The average Bonchev–Trinajstić information content (AvgIpc) is 2.79. The SMILES string of the molecule is COc1cc(C=NNC(=O)c2cccnc2Cl)cc(Br)c1OCC(=O)Nc1ccc(F)cc1. The third kappa shape index (κ3) is 6.74. The fourth-order valence-corrected chi connectivity index (χ4v) is 3.38. The topological polar surface area (TPSA) is 102 Å². The molecular weight excluding hydrogens is 519 g/mol. The van der Waals surface area contributed by atoms with Crippen LogP contribution in [0.4, 0.5) is 10.1 Å². The first-order valence-electron chi connectivity index (χ1n) is 9.37. The number of halogens is 3. The molecule has 0 bridgehead atoms. The number of nitrogens with one attached hydrogen (secondary N) is 2. The number of hydrazone groups is 1. The summed E-state index contributed by atoms with van der Waals surface area (Å²) in [5.41, 5.74) is 3.59. The number of methoxy groups -OCH3 is 1. The maximum Gasteiger partial charge on any atom is 0.274 e. The van der Waals surface area contributed by atoms with Gasteiger partial charge in [-0.1, -0.05) is 11.6 Å². The zero-order chi connectivity index (χ0) is 23.8. The van der Waals surface area contributed by atoms with Gasteiger partial charge in [-0.2, -0.15) is 5.10 Å². The van der Waals surface area contributed by atoms with Crippen LogP contribution in [0, 0.1) is 5.82 Å². The molecule has 1 aromatic heterocycles. The molecule has 2 aromatic carbocycles. The number of hydrogen-bond donors (Lipinski definition) is 2. The van der Waals surface area contributed by atoms with Crippen molar-refractivity contribution in [2.24, 2.45) is 5.10 Å². The van der Waals surface area contributed by atoms with Crippen molar-refractivity contribution in [3.8, 4) is 11.5 Å². The molecule has 33 heavy (non-hydrogen) atoms. The predicted octanol–water partition coefficient (Wildman–Crippen LogP) is 4.43. The molecule has 0 aliphatic heterocycles. The van der Waals surface area contributed by atoms with Crippen LogP contribution in [0.25, 0.3) is 0 Å². The standard InChI is InChI=1S/C22H17BrClFN4O4/c1-32-18-10-13(11-27-29-22(31)16-3-2-8-26-21(16)24)9-17(23)20(18)33-12-19(30)28-15-6-4-14(25)5-7-15/h2-11H,12H2,1H3,(H,28,30)(H,29,31). The van der Waals surface area contributed by atoms with E-state index < -0.39 is 17.6 Å². The van der Waals surface area contributed by atoms with Crippen molar-refractivity contribution in [3.63, 3.8) is 0 Å². The van der Waals surface area contributed by atoms with Crippen LogP contribution in [0.15, 0.2) is 64.3 Å². The van der Waals surface area contributed by atoms with Crippen LogP contribution in [0.5, 0.6) is 11.5 Å². The van der Waals surface area contributed by atoms with Crippen molar-refractivity contribution in [3.05, 3.63) is 81.3 Å². The van der Waals surface area contributed by atoms with Crippen molar-refractivity contribution in [2.45, 2.75) is 0 Å². The van der Waals surface area contributed by atoms with Crippen molar-refractivity contribution >= 4 is 51.2 Å². The molecule has 11 heteroatoms. The van der Waals surface area contributed by atoms with Crippen molar-refractivity contribution in [1.29, 1.82) is 0 Å². The molecule has 2 N–H and O–H groups in total. The smallest absolute Gasteiger partial charge is 0.274 e. The van der Waals surface area contributed by atoms with Gasteiger partial charge in [-0.3, -0.25) is 9.59 Å². The van der Waals surface area contributed by atoms with E-state index in [2.05, 4.69) is 36.8 Å². The molecule has 0 fully saturated rings. The summed E-state index contributed by atoms with van der Waals surface area (Å²) in [5.74, 6) is -0.709. The Hall–Kier alpha value is -3.50. The van der Waals surface area contributed by atoms with E-state index in [1.54, 1.807) is 18.2 Å². The minimum atomic E-state index is -0.512. The third-order valence-corrected chi connectivity index (χ3v) is 5.00. The summed E-state index contributed by atoms with van der Waals surface area (Å²) in [5, 5.41) is 6.58. The van der Waals surface area contributed by atoms with E-state index in [0.29, 0.717) is 27.2 Å². The van der Waals surface area contributed by atoms with E-state index >= 15 is 0 Å². The van der Waals surface area contributed by atoms with Crippen LogP contribution in [-0.4, -0.2) is 36.7 Å². The van der Waals surface area contributed by atoms with E-state index in [1.807, 2.05) is 0 Å². The molecule has 8 nitrogen and oxygen atoms in total. The quantitative estimate of drug-likeness (QED) is 0.252. The number of carbonyl (C=O) groups is 2. The van der Waals surface area contributed by atoms with Crippen LogP contribution in [0.3, 0.4) is 0 Å². The first kappa shape index (κ1) is 24.1. The molecule has 0 aliphatic carbocycles. The van der Waals surface area contributed by atoms with Crippen LogP contribution >= 0.6 is 27.5 Å². The summed E-state index contributed by atoms with van der Waals surface area (Å²) in [7, 11) is 1.44. The molecule has 0 aliphatic rings. The fraction of sp³-hybridized carbons (Fsp3) is 0.0909. The van der Waals surface area contributed by atoms with Crippen LogP contribution in [0.2, 0.25) is 5.15 Å². The summed E-state index contributed by atoms with van der Waals surface area (Å²) in [6.07, 6.45) is 2.88. The van der Waals surface area contributed by atoms with Crippen LogP contribution in [0.1, 0.15) is 15.9 Å². The van der Waals surface area contributed by atoms with Gasteiger partial charge < -0.3 is 14.8 Å². The van der Waals surface area contributed by atoms with Gasteiger partial charge >= 0.3 is 0 Å². The Morgan fingerprint density at radius 1 is 1.24 bits per heavy atom. The van der Waals surface area contributed by atoms with E-state index in [9.17, 15) is 14.0 Å². The highest BCUT2D eigenvalue weighted by atomic mass is 79.9. The number of ether oxygens (including phenoxy) is 2. The Morgan fingerprint density at radius 3 is 2.70 bits per heavy atom. The van der Waals surface area contributed by atoms with Crippen LogP contribution in [-0.2, 0) is 4.79 Å². The van der Waals surface area contributed by atoms with E-state index in [1.165, 1.54) is 49.9 Å². The van der Waals surface area contributed by atoms with Gasteiger partial charge in [0, 0.05) is 11.9 Å².